The number of nitrogens with zero attached hydrogens (tertiary/aromatic N) is 1. The van der Waals surface area contributed by atoms with Crippen molar-refractivity contribution in [2.24, 2.45) is 5.73 Å². The van der Waals surface area contributed by atoms with Gasteiger partial charge in [-0.2, -0.15) is 0 Å². The normalized spacial score (nSPS) is 10.2. The molecule has 0 bridgehead atoms. The average Bonchev–Trinajstić information content (AvgIpc) is 2.59. The molecular formula is C17H18IN3O5. The summed E-state index contributed by atoms with van der Waals surface area (Å²) in [7, 11) is 0. The lowest BCUT2D eigenvalue weighted by molar-refractivity contribution is -0.384. The van der Waals surface area contributed by atoms with Crippen molar-refractivity contribution in [2.45, 2.75) is 13.5 Å². The summed E-state index contributed by atoms with van der Waals surface area (Å²) in [6.07, 6.45) is 0. The number of carbonyl (C=O) groups excluding carboxylic acids is 1. The van der Waals surface area contributed by atoms with Crippen molar-refractivity contribution in [1.82, 2.24) is 0 Å². The van der Waals surface area contributed by atoms with Crippen LogP contribution >= 0.6 is 22.6 Å². The molecule has 8 nitrogen and oxygen atoms in total. The molecule has 0 saturated carbocycles. The van der Waals surface area contributed by atoms with Gasteiger partial charge in [0.05, 0.1) is 15.1 Å². The van der Waals surface area contributed by atoms with Crippen molar-refractivity contribution in [2.75, 3.05) is 18.5 Å². The van der Waals surface area contributed by atoms with Gasteiger partial charge in [0.15, 0.2) is 18.1 Å². The van der Waals surface area contributed by atoms with E-state index >= 15 is 0 Å². The molecule has 2 aromatic carbocycles. The predicted octanol–water partition coefficient (Wildman–Crippen LogP) is 3.07. The third kappa shape index (κ3) is 5.48. The zero-order chi connectivity index (χ0) is 19.1. The molecule has 0 spiro atoms. The van der Waals surface area contributed by atoms with Crippen molar-refractivity contribution in [3.8, 4) is 11.5 Å². The predicted molar refractivity (Wildman–Crippen MR) is 105 cm³/mol. The van der Waals surface area contributed by atoms with Crippen molar-refractivity contribution in [1.29, 1.82) is 0 Å². The maximum atomic E-state index is 11.0. The summed E-state index contributed by atoms with van der Waals surface area (Å²) >= 11 is 2.09. The molecular weight excluding hydrogens is 453 g/mol. The number of nitro groups is 1. The first-order valence-corrected chi connectivity index (χ1v) is 8.83. The second-order valence-corrected chi connectivity index (χ2v) is 6.42. The van der Waals surface area contributed by atoms with Crippen LogP contribution in [0.25, 0.3) is 0 Å². The Morgan fingerprint density at radius 2 is 2.08 bits per heavy atom. The maximum absolute atomic E-state index is 11.0. The number of anilines is 1. The molecule has 2 rings (SSSR count). The third-order valence-corrected chi connectivity index (χ3v) is 4.08. The Hall–Kier alpha value is -2.56. The number of nitro benzene ring substituents is 1. The fourth-order valence-corrected chi connectivity index (χ4v) is 3.02. The highest BCUT2D eigenvalue weighted by molar-refractivity contribution is 14.1. The standard InChI is InChI=1S/C17H18IN3O5/c1-2-25-15-7-11(6-14(18)17(15)26-10-16(19)22)9-20-12-4-3-5-13(8-12)21(23)24/h3-8,20H,2,9-10H2,1H3,(H2,19,22). The Bertz CT molecular complexity index is 813. The van der Waals surface area contributed by atoms with Crippen LogP contribution in [0.1, 0.15) is 12.5 Å². The van der Waals surface area contributed by atoms with E-state index in [0.717, 1.165) is 9.13 Å². The second-order valence-electron chi connectivity index (χ2n) is 5.25. The molecule has 3 N–H and O–H groups in total. The number of nitrogens with two attached hydrogens (primary N) is 1. The van der Waals surface area contributed by atoms with E-state index in [9.17, 15) is 14.9 Å². The number of ether oxygens (including phenoxy) is 2. The minimum Gasteiger partial charge on any atom is -0.490 e. The lowest BCUT2D eigenvalue weighted by Crippen LogP contribution is -2.20. The molecule has 26 heavy (non-hydrogen) atoms. The fraction of sp³-hybridized carbons (Fsp3) is 0.235. The number of halogens is 1. The number of carbonyl (C=O) groups is 1. The summed E-state index contributed by atoms with van der Waals surface area (Å²) in [5, 5.41) is 14.0. The molecule has 2 aromatic rings. The van der Waals surface area contributed by atoms with Crippen molar-refractivity contribution in [3.63, 3.8) is 0 Å². The minimum absolute atomic E-state index is 0.0229. The summed E-state index contributed by atoms with van der Waals surface area (Å²) in [5.41, 5.74) is 6.69. The first-order chi connectivity index (χ1) is 12.4. The lowest BCUT2D eigenvalue weighted by Gasteiger charge is -2.15. The van der Waals surface area contributed by atoms with E-state index in [0.29, 0.717) is 30.3 Å². The van der Waals surface area contributed by atoms with E-state index in [1.165, 1.54) is 12.1 Å². The van der Waals surface area contributed by atoms with Crippen LogP contribution in [0.4, 0.5) is 11.4 Å². The van der Waals surface area contributed by atoms with Gasteiger partial charge >= 0.3 is 0 Å². The number of hydrogen-bond donors (Lipinski definition) is 2. The van der Waals surface area contributed by atoms with Gasteiger partial charge in [0.1, 0.15) is 0 Å². The lowest BCUT2D eigenvalue weighted by atomic mass is 10.2. The average molecular weight is 471 g/mol. The summed E-state index contributed by atoms with van der Waals surface area (Å²) in [6, 6.07) is 9.96. The van der Waals surface area contributed by atoms with Crippen LogP contribution in [0, 0.1) is 13.7 Å². The molecule has 0 aromatic heterocycles. The SMILES string of the molecule is CCOc1cc(CNc2cccc([N+](=O)[O-])c2)cc(I)c1OCC(N)=O. The molecule has 0 fully saturated rings. The van der Waals surface area contributed by atoms with Crippen LogP contribution in [-0.4, -0.2) is 24.0 Å². The molecule has 0 aliphatic carbocycles. The van der Waals surface area contributed by atoms with Gasteiger partial charge < -0.3 is 20.5 Å². The van der Waals surface area contributed by atoms with Gasteiger partial charge in [-0.15, -0.1) is 0 Å². The Morgan fingerprint density at radius 1 is 1.31 bits per heavy atom. The number of rotatable bonds is 9. The van der Waals surface area contributed by atoms with Crippen molar-refractivity contribution < 1.29 is 19.2 Å². The molecule has 0 aliphatic heterocycles. The number of nitrogens with one attached hydrogen (secondary N) is 1. The van der Waals surface area contributed by atoms with Crippen LogP contribution in [0.15, 0.2) is 36.4 Å². The molecule has 9 heteroatoms. The van der Waals surface area contributed by atoms with E-state index in [1.54, 1.807) is 18.2 Å². The Morgan fingerprint density at radius 3 is 2.73 bits per heavy atom. The first-order valence-electron chi connectivity index (χ1n) is 7.75. The maximum Gasteiger partial charge on any atom is 0.271 e. The van der Waals surface area contributed by atoms with Crippen LogP contribution < -0.4 is 20.5 Å². The molecule has 0 atom stereocenters. The number of hydrogen-bond acceptors (Lipinski definition) is 6. The van der Waals surface area contributed by atoms with Gasteiger partial charge in [0.25, 0.3) is 11.6 Å². The van der Waals surface area contributed by atoms with Gasteiger partial charge in [0, 0.05) is 24.4 Å². The van der Waals surface area contributed by atoms with Crippen molar-refractivity contribution in [3.05, 3.63) is 55.6 Å². The smallest absolute Gasteiger partial charge is 0.271 e. The van der Waals surface area contributed by atoms with Gasteiger partial charge in [-0.3, -0.25) is 14.9 Å². The summed E-state index contributed by atoms with van der Waals surface area (Å²) in [4.78, 5) is 21.4. The fourth-order valence-electron chi connectivity index (χ4n) is 2.20. The van der Waals surface area contributed by atoms with Gasteiger partial charge in [-0.05, 0) is 53.3 Å². The number of non-ortho nitro benzene ring substituents is 1. The monoisotopic (exact) mass is 471 g/mol. The van der Waals surface area contributed by atoms with Crippen LogP contribution in [0.2, 0.25) is 0 Å². The summed E-state index contributed by atoms with van der Waals surface area (Å²) in [5.74, 6) is 0.404. The van der Waals surface area contributed by atoms with Crippen LogP contribution in [0.5, 0.6) is 11.5 Å². The summed E-state index contributed by atoms with van der Waals surface area (Å²) in [6.45, 7) is 2.48. The third-order valence-electron chi connectivity index (χ3n) is 3.28. The van der Waals surface area contributed by atoms with E-state index in [4.69, 9.17) is 15.2 Å². The zero-order valence-corrected chi connectivity index (χ0v) is 16.2. The highest BCUT2D eigenvalue weighted by atomic mass is 127. The van der Waals surface area contributed by atoms with E-state index in [2.05, 4.69) is 27.9 Å². The highest BCUT2D eigenvalue weighted by Gasteiger charge is 2.13. The van der Waals surface area contributed by atoms with E-state index in [-0.39, 0.29) is 12.3 Å². The second kappa shape index (κ2) is 9.22. The number of amides is 1. The minimum atomic E-state index is -0.570. The molecule has 0 aliphatic rings. The first kappa shape index (κ1) is 19.8. The van der Waals surface area contributed by atoms with Gasteiger partial charge in [-0.25, -0.2) is 0 Å². The van der Waals surface area contributed by atoms with Gasteiger partial charge in [-0.1, -0.05) is 6.07 Å². The molecule has 0 saturated heterocycles. The van der Waals surface area contributed by atoms with E-state index < -0.39 is 10.8 Å². The summed E-state index contributed by atoms with van der Waals surface area (Å²) < 4.78 is 11.8. The highest BCUT2D eigenvalue weighted by Crippen LogP contribution is 2.34. The molecule has 1 amide bonds. The van der Waals surface area contributed by atoms with Crippen molar-refractivity contribution >= 4 is 39.9 Å². The number of benzene rings is 2. The Kier molecular flexibility index (Phi) is 7.01. The zero-order valence-electron chi connectivity index (χ0n) is 14.0. The molecule has 0 unspecified atom stereocenters. The topological polar surface area (TPSA) is 117 Å². The van der Waals surface area contributed by atoms with Crippen LogP contribution in [0.3, 0.4) is 0 Å². The Balaban J connectivity index is 2.17. The van der Waals surface area contributed by atoms with Crippen LogP contribution in [-0.2, 0) is 11.3 Å². The Labute approximate surface area is 164 Å². The van der Waals surface area contributed by atoms with E-state index in [1.807, 2.05) is 13.0 Å². The quantitative estimate of drug-likeness (QED) is 0.330. The molecule has 138 valence electrons. The number of primary amides is 1. The largest absolute Gasteiger partial charge is 0.490 e. The van der Waals surface area contributed by atoms with Gasteiger partial charge in [0.2, 0.25) is 0 Å². The molecule has 0 heterocycles. The molecule has 0 radical (unpaired) electrons.